The molecule has 0 spiro atoms. The molecule has 0 saturated carbocycles. The van der Waals surface area contributed by atoms with E-state index in [0.717, 1.165) is 0 Å². The molecule has 2 atom stereocenters. The second-order valence-electron chi connectivity index (χ2n) is 5.12. The van der Waals surface area contributed by atoms with Gasteiger partial charge in [0.1, 0.15) is 0 Å². The van der Waals surface area contributed by atoms with Gasteiger partial charge in [-0.1, -0.05) is 26.0 Å². The number of rotatable bonds is 6. The van der Waals surface area contributed by atoms with Gasteiger partial charge in [0.05, 0.1) is 23.5 Å². The Hall–Kier alpha value is -1.95. The Kier molecular flexibility index (Phi) is 5.64. The first kappa shape index (κ1) is 16.1. The van der Waals surface area contributed by atoms with Crippen LogP contribution in [0.15, 0.2) is 24.3 Å². The third-order valence-corrected chi connectivity index (χ3v) is 3.30. The summed E-state index contributed by atoms with van der Waals surface area (Å²) in [4.78, 5) is 22.3. The molecule has 0 aliphatic heterocycles. The minimum Gasteiger partial charge on any atom is -0.394 e. The van der Waals surface area contributed by atoms with Crippen LogP contribution in [0, 0.1) is 16.0 Å². The summed E-state index contributed by atoms with van der Waals surface area (Å²) in [6, 6.07) is 5.71. The second kappa shape index (κ2) is 7.00. The molecule has 1 aromatic rings. The molecular weight excluding hydrogens is 260 g/mol. The van der Waals surface area contributed by atoms with E-state index in [9.17, 15) is 20.0 Å². The SMILES string of the molecule is CC(C(=O)NC(CO)C(C)C)c1cccc([N+](=O)[O-])c1. The molecule has 0 fully saturated rings. The molecule has 20 heavy (non-hydrogen) atoms. The maximum Gasteiger partial charge on any atom is 0.269 e. The Morgan fingerprint density at radius 2 is 2.05 bits per heavy atom. The van der Waals surface area contributed by atoms with Crippen molar-refractivity contribution in [2.75, 3.05) is 6.61 Å². The van der Waals surface area contributed by atoms with Gasteiger partial charge in [0, 0.05) is 12.1 Å². The number of carbonyl (C=O) groups excluding carboxylic acids is 1. The molecule has 0 aliphatic carbocycles. The summed E-state index contributed by atoms with van der Waals surface area (Å²) < 4.78 is 0. The average molecular weight is 280 g/mol. The van der Waals surface area contributed by atoms with Crippen molar-refractivity contribution < 1.29 is 14.8 Å². The van der Waals surface area contributed by atoms with Gasteiger partial charge in [0.2, 0.25) is 5.91 Å². The lowest BCUT2D eigenvalue weighted by Gasteiger charge is -2.22. The smallest absolute Gasteiger partial charge is 0.269 e. The zero-order valence-corrected chi connectivity index (χ0v) is 11.9. The summed E-state index contributed by atoms with van der Waals surface area (Å²) in [5.74, 6) is -0.651. The summed E-state index contributed by atoms with van der Waals surface area (Å²) in [5, 5.41) is 22.7. The van der Waals surface area contributed by atoms with Crippen LogP contribution in [-0.2, 0) is 4.79 Å². The van der Waals surface area contributed by atoms with E-state index >= 15 is 0 Å². The molecule has 0 radical (unpaired) electrons. The van der Waals surface area contributed by atoms with Gasteiger partial charge in [-0.25, -0.2) is 0 Å². The van der Waals surface area contributed by atoms with E-state index in [1.165, 1.54) is 12.1 Å². The lowest BCUT2D eigenvalue weighted by molar-refractivity contribution is -0.384. The van der Waals surface area contributed by atoms with Crippen molar-refractivity contribution in [2.24, 2.45) is 5.92 Å². The zero-order chi connectivity index (χ0) is 15.3. The Morgan fingerprint density at radius 3 is 2.55 bits per heavy atom. The molecule has 0 heterocycles. The van der Waals surface area contributed by atoms with Gasteiger partial charge < -0.3 is 10.4 Å². The van der Waals surface area contributed by atoms with Gasteiger partial charge in [-0.3, -0.25) is 14.9 Å². The highest BCUT2D eigenvalue weighted by atomic mass is 16.6. The number of hydrogen-bond donors (Lipinski definition) is 2. The Labute approximate surface area is 118 Å². The van der Waals surface area contributed by atoms with E-state index < -0.39 is 10.8 Å². The van der Waals surface area contributed by atoms with Gasteiger partial charge in [-0.05, 0) is 18.4 Å². The molecule has 0 saturated heterocycles. The topological polar surface area (TPSA) is 92.5 Å². The van der Waals surface area contributed by atoms with Crippen molar-refractivity contribution in [3.05, 3.63) is 39.9 Å². The van der Waals surface area contributed by atoms with Crippen molar-refractivity contribution in [3.63, 3.8) is 0 Å². The summed E-state index contributed by atoms with van der Waals surface area (Å²) in [6.45, 7) is 5.35. The molecule has 0 aliphatic rings. The van der Waals surface area contributed by atoms with Crippen LogP contribution in [0.2, 0.25) is 0 Å². The number of aliphatic hydroxyl groups is 1. The minimum absolute atomic E-state index is 0.0373. The summed E-state index contributed by atoms with van der Waals surface area (Å²) in [6.07, 6.45) is 0. The maximum absolute atomic E-state index is 12.1. The van der Waals surface area contributed by atoms with E-state index in [4.69, 9.17) is 0 Å². The first-order chi connectivity index (χ1) is 9.36. The van der Waals surface area contributed by atoms with Crippen LogP contribution in [0.3, 0.4) is 0 Å². The van der Waals surface area contributed by atoms with E-state index in [1.54, 1.807) is 19.1 Å². The lowest BCUT2D eigenvalue weighted by atomic mass is 9.98. The Bertz CT molecular complexity index is 488. The molecule has 0 bridgehead atoms. The van der Waals surface area contributed by atoms with Crippen LogP contribution >= 0.6 is 0 Å². The zero-order valence-electron chi connectivity index (χ0n) is 11.9. The molecule has 6 nitrogen and oxygen atoms in total. The molecule has 0 aromatic heterocycles. The normalized spacial score (nSPS) is 13.8. The van der Waals surface area contributed by atoms with Gasteiger partial charge in [0.15, 0.2) is 0 Å². The Morgan fingerprint density at radius 1 is 1.40 bits per heavy atom. The number of nitro groups is 1. The predicted molar refractivity (Wildman–Crippen MR) is 75.4 cm³/mol. The fourth-order valence-corrected chi connectivity index (χ4v) is 1.79. The van der Waals surface area contributed by atoms with Crippen LogP contribution in [0.5, 0.6) is 0 Å². The minimum atomic E-state index is -0.511. The predicted octanol–water partition coefficient (Wildman–Crippen LogP) is 1.83. The summed E-state index contributed by atoms with van der Waals surface area (Å²) in [7, 11) is 0. The van der Waals surface area contributed by atoms with E-state index in [2.05, 4.69) is 5.32 Å². The summed E-state index contributed by atoms with van der Waals surface area (Å²) >= 11 is 0. The number of aliphatic hydroxyl groups excluding tert-OH is 1. The number of carbonyl (C=O) groups is 1. The quantitative estimate of drug-likeness (QED) is 0.614. The monoisotopic (exact) mass is 280 g/mol. The highest BCUT2D eigenvalue weighted by Crippen LogP contribution is 2.21. The number of benzene rings is 1. The number of nitrogens with zero attached hydrogens (tertiary/aromatic N) is 1. The summed E-state index contributed by atoms with van der Waals surface area (Å²) in [5.41, 5.74) is 0.543. The van der Waals surface area contributed by atoms with Gasteiger partial charge >= 0.3 is 0 Å². The molecule has 1 aromatic carbocycles. The largest absolute Gasteiger partial charge is 0.394 e. The molecular formula is C14H20N2O4. The first-order valence-corrected chi connectivity index (χ1v) is 6.52. The Balaban J connectivity index is 2.83. The number of non-ortho nitro benzene ring substituents is 1. The van der Waals surface area contributed by atoms with Crippen LogP contribution < -0.4 is 5.32 Å². The molecule has 2 unspecified atom stereocenters. The standard InChI is InChI=1S/C14H20N2O4/c1-9(2)13(8-17)15-14(18)10(3)11-5-4-6-12(7-11)16(19)20/h4-7,9-10,13,17H,8H2,1-3H3,(H,15,18). The highest BCUT2D eigenvalue weighted by Gasteiger charge is 2.21. The molecule has 110 valence electrons. The van der Waals surface area contributed by atoms with E-state index in [0.29, 0.717) is 5.56 Å². The van der Waals surface area contributed by atoms with Crippen molar-refractivity contribution in [3.8, 4) is 0 Å². The number of nitrogens with one attached hydrogen (secondary N) is 1. The molecule has 6 heteroatoms. The van der Waals surface area contributed by atoms with E-state index in [-0.39, 0.29) is 30.2 Å². The maximum atomic E-state index is 12.1. The van der Waals surface area contributed by atoms with Gasteiger partial charge in [-0.15, -0.1) is 0 Å². The first-order valence-electron chi connectivity index (χ1n) is 6.52. The van der Waals surface area contributed by atoms with Gasteiger partial charge in [-0.2, -0.15) is 0 Å². The molecule has 1 rings (SSSR count). The third-order valence-electron chi connectivity index (χ3n) is 3.30. The van der Waals surface area contributed by atoms with Crippen molar-refractivity contribution in [1.29, 1.82) is 0 Å². The highest BCUT2D eigenvalue weighted by molar-refractivity contribution is 5.83. The average Bonchev–Trinajstić information content (AvgIpc) is 2.43. The van der Waals surface area contributed by atoms with Crippen LogP contribution in [0.1, 0.15) is 32.3 Å². The molecule has 1 amide bonds. The van der Waals surface area contributed by atoms with Crippen LogP contribution in [0.25, 0.3) is 0 Å². The molecule has 2 N–H and O–H groups in total. The fourth-order valence-electron chi connectivity index (χ4n) is 1.79. The number of hydrogen-bond acceptors (Lipinski definition) is 4. The van der Waals surface area contributed by atoms with Crippen molar-refractivity contribution >= 4 is 11.6 Å². The van der Waals surface area contributed by atoms with E-state index in [1.807, 2.05) is 13.8 Å². The second-order valence-corrected chi connectivity index (χ2v) is 5.12. The number of nitro benzene ring substituents is 1. The van der Waals surface area contributed by atoms with Crippen LogP contribution in [-0.4, -0.2) is 28.6 Å². The van der Waals surface area contributed by atoms with Crippen molar-refractivity contribution in [2.45, 2.75) is 32.7 Å². The number of amides is 1. The fraction of sp³-hybridized carbons (Fsp3) is 0.500. The third kappa shape index (κ3) is 4.03. The van der Waals surface area contributed by atoms with Crippen LogP contribution in [0.4, 0.5) is 5.69 Å². The van der Waals surface area contributed by atoms with Crippen molar-refractivity contribution in [1.82, 2.24) is 5.32 Å². The lowest BCUT2D eigenvalue weighted by Crippen LogP contribution is -2.42. The van der Waals surface area contributed by atoms with Gasteiger partial charge in [0.25, 0.3) is 5.69 Å².